The number of aliphatic carboxylic acids is 2. The van der Waals surface area contributed by atoms with Gasteiger partial charge in [0.2, 0.25) is 41.7 Å². The summed E-state index contributed by atoms with van der Waals surface area (Å²) >= 11 is 0. The highest BCUT2D eigenvalue weighted by Crippen LogP contribution is 2.41. The molecule has 12 N–H and O–H groups in total. The maximum Gasteiger partial charge on any atom is 0.410 e. The van der Waals surface area contributed by atoms with Gasteiger partial charge in [0.05, 0.1) is 87.6 Å². The first-order chi connectivity index (χ1) is 55.3. The zero-order valence-corrected chi connectivity index (χ0v) is 66.4. The molecule has 116 heavy (non-hydrogen) atoms. The van der Waals surface area contributed by atoms with Crippen molar-refractivity contribution in [3.63, 3.8) is 0 Å². The van der Waals surface area contributed by atoms with Crippen LogP contribution in [0.2, 0.25) is 0 Å². The molecule has 0 aliphatic carbocycles. The molecular formula is C80H105N11O25. The van der Waals surface area contributed by atoms with Crippen molar-refractivity contribution in [1.82, 2.24) is 45.2 Å². The molecule has 1 saturated heterocycles. The van der Waals surface area contributed by atoms with E-state index < -0.39 is 138 Å². The molecule has 3 aromatic carbocycles. The number of aromatic nitrogens is 3. The molecule has 0 unspecified atom stereocenters. The van der Waals surface area contributed by atoms with E-state index >= 15 is 0 Å². The van der Waals surface area contributed by atoms with Gasteiger partial charge in [-0.15, -0.1) is 0 Å². The summed E-state index contributed by atoms with van der Waals surface area (Å²) in [5, 5.41) is 80.3. The second-order valence-electron chi connectivity index (χ2n) is 29.2. The van der Waals surface area contributed by atoms with Crippen LogP contribution in [0.3, 0.4) is 0 Å². The van der Waals surface area contributed by atoms with Crippen molar-refractivity contribution in [2.24, 2.45) is 13.0 Å². The number of anilines is 2. The Morgan fingerprint density at radius 2 is 1.41 bits per heavy atom. The number of benzene rings is 3. The molecule has 36 heteroatoms. The molecule has 9 atom stereocenters. The summed E-state index contributed by atoms with van der Waals surface area (Å²) < 4.78 is 48.3. The molecule has 7 amide bonds. The van der Waals surface area contributed by atoms with Crippen LogP contribution >= 0.6 is 0 Å². The number of aliphatic hydroxyl groups is 4. The Balaban J connectivity index is 0.685. The van der Waals surface area contributed by atoms with E-state index in [9.17, 15) is 83.4 Å². The largest absolute Gasteiger partial charge is 0.481 e. The number of aryl methyl sites for hydroxylation is 1. The van der Waals surface area contributed by atoms with Crippen LogP contribution in [0.4, 0.5) is 16.2 Å². The van der Waals surface area contributed by atoms with Crippen LogP contribution in [-0.4, -0.2) is 248 Å². The lowest BCUT2D eigenvalue weighted by Crippen LogP contribution is -2.61. The number of hydrogen-bond acceptors (Lipinski definition) is 25. The third kappa shape index (κ3) is 22.8. The lowest BCUT2D eigenvalue weighted by Gasteiger charge is -2.38. The minimum Gasteiger partial charge on any atom is -0.481 e. The quantitative estimate of drug-likeness (QED) is 0.0193. The van der Waals surface area contributed by atoms with E-state index in [0.717, 1.165) is 40.6 Å². The number of cyclic esters (lactones) is 1. The summed E-state index contributed by atoms with van der Waals surface area (Å²) in [6.45, 7) is 14.3. The van der Waals surface area contributed by atoms with Crippen LogP contribution in [-0.2, 0) is 122 Å². The number of hydrogen-bond donors (Lipinski definition) is 12. The lowest BCUT2D eigenvalue weighted by atomic mass is 9.86. The summed E-state index contributed by atoms with van der Waals surface area (Å²) in [7, 11) is 4.02. The topological polar surface area (TPSA) is 484 Å². The Kier molecular flexibility index (Phi) is 31.9. The number of carboxylic acid groups (broad SMARTS) is 2. The van der Waals surface area contributed by atoms with E-state index in [1.807, 2.05) is 50.5 Å². The number of ether oxygens (including phenoxy) is 8. The van der Waals surface area contributed by atoms with Gasteiger partial charge in [0.1, 0.15) is 55.4 Å². The number of carboxylic acids is 2. The van der Waals surface area contributed by atoms with Gasteiger partial charge in [-0.1, -0.05) is 52.0 Å². The number of fused-ring (bicyclic) bond motifs is 6. The summed E-state index contributed by atoms with van der Waals surface area (Å²) in [6.07, 6.45) is -11.9. The summed E-state index contributed by atoms with van der Waals surface area (Å²) in [4.78, 5) is 153. The third-order valence-corrected chi connectivity index (χ3v) is 20.3. The van der Waals surface area contributed by atoms with Crippen molar-refractivity contribution in [3.05, 3.63) is 117 Å². The number of pyridine rings is 2. The molecule has 0 spiro atoms. The average Bonchev–Trinajstić information content (AvgIpc) is 1.54. The van der Waals surface area contributed by atoms with Gasteiger partial charge in [-0.05, 0) is 119 Å². The second-order valence-corrected chi connectivity index (χ2v) is 29.2. The van der Waals surface area contributed by atoms with Gasteiger partial charge in [-0.2, -0.15) is 0 Å². The average molecular weight is 1620 g/mol. The summed E-state index contributed by atoms with van der Waals surface area (Å²) in [6, 6.07) is 16.7. The monoisotopic (exact) mass is 1620 g/mol. The molecule has 6 aromatic rings. The molecule has 3 aromatic heterocycles. The minimum atomic E-state index is -2.08. The van der Waals surface area contributed by atoms with Gasteiger partial charge in [-0.3, -0.25) is 38.4 Å². The number of nitrogens with one attached hydrogen (secondary N) is 6. The van der Waals surface area contributed by atoms with E-state index in [1.165, 1.54) is 34.6 Å². The summed E-state index contributed by atoms with van der Waals surface area (Å²) in [5.74, 6) is -8.18. The van der Waals surface area contributed by atoms with Crippen LogP contribution in [0, 0.1) is 5.92 Å². The Hall–Kier alpha value is -10.5. The molecular weight excluding hydrogens is 1510 g/mol. The molecule has 3 aliphatic heterocycles. The van der Waals surface area contributed by atoms with Crippen molar-refractivity contribution in [1.29, 1.82) is 0 Å². The number of aliphatic hydroxyl groups excluding tert-OH is 3. The molecule has 0 bridgehead atoms. The first-order valence-corrected chi connectivity index (χ1v) is 38.6. The number of nitrogens with zero attached hydrogens (tertiary/aromatic N) is 5. The van der Waals surface area contributed by atoms with E-state index in [4.69, 9.17) is 42.9 Å². The van der Waals surface area contributed by atoms with Crippen LogP contribution in [0.15, 0.2) is 77.6 Å². The standard InChI is InChI=1S/C80H105N11O25/c1-10-80(108)55-39-60-67-53(41-91(60)75(103)54(55)43-113-78(80)106)51(52-14-12-13-15-56(52)85-67)24-27-90(45(5)6)79(107)114-42-47-16-18-57(61(36-47)115-77-70(99)68(97)69(98)71(116-77)76(104)105)86-72(100)46(7)82-74(102)66(44(3)4)87-64(94)25-28-109-30-32-111-34-35-112-33-31-110-29-26-81-73(101)58(19-23-65(95)96)84-63(93)22-21-62(92)83-49-17-20-59-48(37-49)38-50(89(59)9)40-88(8)11-2/h12-18,20,36-39,44-46,58,66,68-71,77,97-99,108H,10-11,19,21-35,40-43H2,1-9H3,(H,81,101)(H,82,102)(H,83,92)(H,84,93)(H,86,100)(H,87,94)(H,95,96)(H,104,105)/t46-,58-,66-,68-,69-,70+,71-,77+,80-/m0/s1. The predicted octanol–water partition coefficient (Wildman–Crippen LogP) is 2.81. The van der Waals surface area contributed by atoms with Gasteiger partial charge in [0.25, 0.3) is 5.56 Å². The number of amides is 7. The van der Waals surface area contributed by atoms with Gasteiger partial charge in [0, 0.05) is 97.2 Å². The fourth-order valence-electron chi connectivity index (χ4n) is 13.5. The number of esters is 1. The molecule has 36 nitrogen and oxygen atoms in total. The third-order valence-electron chi connectivity index (χ3n) is 20.3. The number of rotatable bonds is 43. The van der Waals surface area contributed by atoms with Crippen molar-refractivity contribution in [2.75, 3.05) is 90.2 Å². The molecule has 1 fully saturated rings. The Morgan fingerprint density at radius 3 is 2.08 bits per heavy atom. The highest BCUT2D eigenvalue weighted by Gasteiger charge is 2.49. The first-order valence-electron chi connectivity index (χ1n) is 38.6. The molecule has 3 aliphatic rings. The van der Waals surface area contributed by atoms with E-state index in [1.54, 1.807) is 46.8 Å². The van der Waals surface area contributed by atoms with Crippen molar-refractivity contribution >= 4 is 92.6 Å². The van der Waals surface area contributed by atoms with Gasteiger partial charge in [0.15, 0.2) is 11.7 Å². The maximum atomic E-state index is 14.2. The number of para-hydroxylation sites is 1. The zero-order valence-electron chi connectivity index (χ0n) is 66.4. The fourth-order valence-corrected chi connectivity index (χ4v) is 13.5. The van der Waals surface area contributed by atoms with Gasteiger partial charge < -0.3 is 119 Å². The highest BCUT2D eigenvalue weighted by molar-refractivity contribution is 6.00. The van der Waals surface area contributed by atoms with Crippen LogP contribution in [0.25, 0.3) is 33.2 Å². The Labute approximate surface area is 668 Å². The van der Waals surface area contributed by atoms with Crippen molar-refractivity contribution in [2.45, 2.75) is 180 Å². The van der Waals surface area contributed by atoms with E-state index in [-0.39, 0.29) is 152 Å². The van der Waals surface area contributed by atoms with Crippen LogP contribution in [0.1, 0.15) is 121 Å². The SMILES string of the molecule is CCN(C)Cc1cc2cc(NC(=O)CCC(=O)N[C@@H](CCC(=O)O)C(=O)NCCOCCOCCOCCOCCC(=O)N[C@H](C(=O)N[C@@H](C)C(=O)Nc3ccc(COC(=O)N(CCc4c5c(nc6ccccc46)-c4cc6c(c(=O)n4C5)COC(=O)[C@]6(O)CC)C(C)C)cc3O[C@@H]3O[C@H](C(=O)O)[C@@H](O)[C@H](O)[C@H]3O)C(C)C)ccc2n1C. The smallest absolute Gasteiger partial charge is 0.410 e. The molecule has 0 radical (unpaired) electrons. The van der Waals surface area contributed by atoms with Crippen molar-refractivity contribution < 1.29 is 116 Å². The Bertz CT molecular complexity index is 4610. The normalized spacial score (nSPS) is 18.3. The Morgan fingerprint density at radius 1 is 0.724 bits per heavy atom. The molecule has 6 heterocycles. The summed E-state index contributed by atoms with van der Waals surface area (Å²) in [5.41, 5.74) is 3.64. The van der Waals surface area contributed by atoms with Gasteiger partial charge in [-0.25, -0.2) is 19.4 Å². The first kappa shape index (κ1) is 89.4. The van der Waals surface area contributed by atoms with E-state index in [2.05, 4.69) is 54.4 Å². The number of carbonyl (C=O) groups is 10. The second kappa shape index (κ2) is 41.3. The van der Waals surface area contributed by atoms with E-state index in [0.29, 0.717) is 28.2 Å². The highest BCUT2D eigenvalue weighted by atomic mass is 16.7. The van der Waals surface area contributed by atoms with Gasteiger partial charge >= 0.3 is 24.0 Å². The molecule has 0 saturated carbocycles. The van der Waals surface area contributed by atoms with Crippen LogP contribution in [0.5, 0.6) is 5.75 Å². The maximum absolute atomic E-state index is 14.2. The fraction of sp³-hybridized carbons (Fsp3) is 0.525. The lowest BCUT2D eigenvalue weighted by molar-refractivity contribution is -0.271. The zero-order chi connectivity index (χ0) is 84.2. The van der Waals surface area contributed by atoms with Crippen LogP contribution < -0.4 is 42.2 Å². The molecule has 9 rings (SSSR count). The number of carbonyl (C=O) groups excluding carboxylic acids is 8. The minimum absolute atomic E-state index is 0.0334. The van der Waals surface area contributed by atoms with Crippen molar-refractivity contribution in [3.8, 4) is 17.1 Å². The predicted molar refractivity (Wildman–Crippen MR) is 417 cm³/mol. The molecule has 630 valence electrons.